The van der Waals surface area contributed by atoms with Gasteiger partial charge >= 0.3 is 0 Å². The predicted molar refractivity (Wildman–Crippen MR) is 75.9 cm³/mol. The topological polar surface area (TPSA) is 46.2 Å². The second-order valence-electron chi connectivity index (χ2n) is 4.81. The van der Waals surface area contributed by atoms with Gasteiger partial charge in [0.05, 0.1) is 4.90 Å². The van der Waals surface area contributed by atoms with Crippen LogP contribution in [0.15, 0.2) is 33.6 Å². The van der Waals surface area contributed by atoms with E-state index >= 15 is 0 Å². The average molecular weight is 332 g/mol. The van der Waals surface area contributed by atoms with Gasteiger partial charge in [0.2, 0.25) is 10.0 Å². The number of halogens is 1. The van der Waals surface area contributed by atoms with Gasteiger partial charge < -0.3 is 0 Å². The van der Waals surface area contributed by atoms with Crippen molar-refractivity contribution in [2.75, 3.05) is 6.54 Å². The van der Waals surface area contributed by atoms with Crippen LogP contribution in [0.25, 0.3) is 0 Å². The minimum atomic E-state index is -3.35. The minimum absolute atomic E-state index is 0.335. The monoisotopic (exact) mass is 331 g/mol. The molecule has 0 aromatic heterocycles. The van der Waals surface area contributed by atoms with Gasteiger partial charge in [-0.15, -0.1) is 0 Å². The van der Waals surface area contributed by atoms with Crippen LogP contribution in [-0.2, 0) is 10.0 Å². The number of sulfonamides is 1. The lowest BCUT2D eigenvalue weighted by Gasteiger charge is -2.21. The van der Waals surface area contributed by atoms with Crippen molar-refractivity contribution in [2.24, 2.45) is 5.92 Å². The maximum atomic E-state index is 12.1. The Morgan fingerprint density at radius 3 is 2.33 bits per heavy atom. The van der Waals surface area contributed by atoms with E-state index in [1.165, 1.54) is 19.3 Å². The van der Waals surface area contributed by atoms with Gasteiger partial charge in [-0.1, -0.05) is 35.2 Å². The highest BCUT2D eigenvalue weighted by molar-refractivity contribution is 9.10. The maximum Gasteiger partial charge on any atom is 0.240 e. The Labute approximate surface area is 117 Å². The molecule has 1 fully saturated rings. The molecule has 0 unspecified atom stereocenters. The third-order valence-corrected chi connectivity index (χ3v) is 5.38. The minimum Gasteiger partial charge on any atom is -0.211 e. The van der Waals surface area contributed by atoms with Gasteiger partial charge in [-0.2, -0.15) is 0 Å². The number of nitrogens with one attached hydrogen (secondary N) is 1. The fourth-order valence-electron chi connectivity index (χ4n) is 2.32. The SMILES string of the molecule is O=S(=O)(NCC1CCCCC1)c1ccc(Br)cc1. The van der Waals surface area contributed by atoms with Gasteiger partial charge in [-0.3, -0.25) is 0 Å². The zero-order valence-corrected chi connectivity index (χ0v) is 12.6. The molecule has 0 radical (unpaired) electrons. The van der Waals surface area contributed by atoms with Crippen molar-refractivity contribution in [3.05, 3.63) is 28.7 Å². The van der Waals surface area contributed by atoms with Crippen LogP contribution < -0.4 is 4.72 Å². The molecule has 0 aliphatic heterocycles. The first-order valence-electron chi connectivity index (χ1n) is 6.33. The van der Waals surface area contributed by atoms with Crippen molar-refractivity contribution in [1.29, 1.82) is 0 Å². The second-order valence-corrected chi connectivity index (χ2v) is 7.49. The van der Waals surface area contributed by atoms with Gasteiger partial charge in [0, 0.05) is 11.0 Å². The lowest BCUT2D eigenvalue weighted by Crippen LogP contribution is -2.30. The van der Waals surface area contributed by atoms with Crippen molar-refractivity contribution in [3.8, 4) is 0 Å². The van der Waals surface area contributed by atoms with E-state index in [-0.39, 0.29) is 0 Å². The molecule has 1 saturated carbocycles. The molecule has 0 saturated heterocycles. The van der Waals surface area contributed by atoms with Crippen LogP contribution in [0.5, 0.6) is 0 Å². The molecule has 0 spiro atoms. The summed E-state index contributed by atoms with van der Waals surface area (Å²) in [5.74, 6) is 0.504. The van der Waals surface area contributed by atoms with E-state index in [9.17, 15) is 8.42 Å². The van der Waals surface area contributed by atoms with Crippen LogP contribution in [0.4, 0.5) is 0 Å². The zero-order chi connectivity index (χ0) is 13.0. The standard InChI is InChI=1S/C13H18BrNO2S/c14-12-6-8-13(9-7-12)18(16,17)15-10-11-4-2-1-3-5-11/h6-9,11,15H,1-5,10H2. The summed E-state index contributed by atoms with van der Waals surface area (Å²) in [7, 11) is -3.35. The highest BCUT2D eigenvalue weighted by Gasteiger charge is 2.18. The van der Waals surface area contributed by atoms with Crippen molar-refractivity contribution >= 4 is 26.0 Å². The molecule has 3 nitrogen and oxygen atoms in total. The Balaban J connectivity index is 1.96. The molecule has 2 rings (SSSR count). The number of hydrogen-bond donors (Lipinski definition) is 1. The normalized spacial score (nSPS) is 17.8. The largest absolute Gasteiger partial charge is 0.240 e. The van der Waals surface area contributed by atoms with Crippen LogP contribution in [0.2, 0.25) is 0 Å². The molecule has 0 heterocycles. The highest BCUT2D eigenvalue weighted by atomic mass is 79.9. The summed E-state index contributed by atoms with van der Waals surface area (Å²) in [6.07, 6.45) is 6.02. The lowest BCUT2D eigenvalue weighted by atomic mass is 9.90. The number of rotatable bonds is 4. The van der Waals surface area contributed by atoms with E-state index in [4.69, 9.17) is 0 Å². The molecule has 0 amide bonds. The summed E-state index contributed by atoms with van der Waals surface area (Å²) in [6.45, 7) is 0.568. The Bertz CT molecular complexity index is 478. The Hall–Kier alpha value is -0.390. The van der Waals surface area contributed by atoms with Gasteiger partial charge in [0.1, 0.15) is 0 Å². The van der Waals surface area contributed by atoms with Crippen LogP contribution in [0.1, 0.15) is 32.1 Å². The van der Waals surface area contributed by atoms with E-state index in [1.54, 1.807) is 24.3 Å². The quantitative estimate of drug-likeness (QED) is 0.919. The molecule has 18 heavy (non-hydrogen) atoms. The summed E-state index contributed by atoms with van der Waals surface area (Å²) >= 11 is 3.30. The Kier molecular flexibility index (Phi) is 4.81. The van der Waals surface area contributed by atoms with Gasteiger partial charge in [-0.25, -0.2) is 13.1 Å². The van der Waals surface area contributed by atoms with E-state index < -0.39 is 10.0 Å². The summed E-state index contributed by atoms with van der Waals surface area (Å²) < 4.78 is 27.7. The molecule has 100 valence electrons. The second kappa shape index (κ2) is 6.17. The molecule has 1 N–H and O–H groups in total. The van der Waals surface area contributed by atoms with Crippen LogP contribution in [0.3, 0.4) is 0 Å². The summed E-state index contributed by atoms with van der Waals surface area (Å²) in [4.78, 5) is 0.335. The van der Waals surface area contributed by atoms with Gasteiger partial charge in [0.25, 0.3) is 0 Å². The van der Waals surface area contributed by atoms with E-state index in [2.05, 4.69) is 20.7 Å². The molecule has 1 aromatic carbocycles. The summed E-state index contributed by atoms with van der Waals surface area (Å²) in [5.41, 5.74) is 0. The molecule has 5 heteroatoms. The van der Waals surface area contributed by atoms with Crippen LogP contribution in [0, 0.1) is 5.92 Å². The van der Waals surface area contributed by atoms with Crippen LogP contribution >= 0.6 is 15.9 Å². The average Bonchev–Trinajstić information content (AvgIpc) is 2.38. The zero-order valence-electron chi connectivity index (χ0n) is 10.2. The van der Waals surface area contributed by atoms with Crippen molar-refractivity contribution in [2.45, 2.75) is 37.0 Å². The fourth-order valence-corrected chi connectivity index (χ4v) is 3.70. The summed E-state index contributed by atoms with van der Waals surface area (Å²) in [5, 5.41) is 0. The maximum absolute atomic E-state index is 12.1. The Morgan fingerprint density at radius 1 is 1.11 bits per heavy atom. The van der Waals surface area contributed by atoms with Gasteiger partial charge in [0.15, 0.2) is 0 Å². The molecule has 1 aliphatic rings. The van der Waals surface area contributed by atoms with E-state index in [0.29, 0.717) is 17.4 Å². The first-order chi connectivity index (χ1) is 8.58. The van der Waals surface area contributed by atoms with E-state index in [0.717, 1.165) is 17.3 Å². The third-order valence-electron chi connectivity index (χ3n) is 3.41. The highest BCUT2D eigenvalue weighted by Crippen LogP contribution is 2.23. The Morgan fingerprint density at radius 2 is 1.72 bits per heavy atom. The van der Waals surface area contributed by atoms with E-state index in [1.807, 2.05) is 0 Å². The molecule has 0 atom stereocenters. The van der Waals surface area contributed by atoms with Crippen molar-refractivity contribution < 1.29 is 8.42 Å². The lowest BCUT2D eigenvalue weighted by molar-refractivity contribution is 0.357. The smallest absolute Gasteiger partial charge is 0.211 e. The molecule has 1 aliphatic carbocycles. The van der Waals surface area contributed by atoms with Crippen molar-refractivity contribution in [1.82, 2.24) is 4.72 Å². The summed E-state index contributed by atoms with van der Waals surface area (Å²) in [6, 6.07) is 6.73. The number of benzene rings is 1. The first kappa shape index (κ1) is 14.0. The number of hydrogen-bond acceptors (Lipinski definition) is 2. The van der Waals surface area contributed by atoms with Gasteiger partial charge in [-0.05, 0) is 43.0 Å². The predicted octanol–water partition coefficient (Wildman–Crippen LogP) is 3.31. The molecule has 1 aromatic rings. The third kappa shape index (κ3) is 3.80. The first-order valence-corrected chi connectivity index (χ1v) is 8.61. The molecule has 0 bridgehead atoms. The fraction of sp³-hybridized carbons (Fsp3) is 0.538. The molecular formula is C13H18BrNO2S. The van der Waals surface area contributed by atoms with Crippen molar-refractivity contribution in [3.63, 3.8) is 0 Å². The molecular weight excluding hydrogens is 314 g/mol. The van der Waals surface area contributed by atoms with Crippen LogP contribution in [-0.4, -0.2) is 15.0 Å².